The van der Waals surface area contributed by atoms with Crippen molar-refractivity contribution in [3.63, 3.8) is 0 Å². The van der Waals surface area contributed by atoms with Crippen molar-refractivity contribution < 1.29 is 10.2 Å². The number of aliphatic hydroxyl groups excluding tert-OH is 1. The van der Waals surface area contributed by atoms with Crippen molar-refractivity contribution in [1.29, 1.82) is 0 Å². The van der Waals surface area contributed by atoms with Crippen molar-refractivity contribution >= 4 is 0 Å². The van der Waals surface area contributed by atoms with Crippen molar-refractivity contribution in [2.24, 2.45) is 5.73 Å². The molecule has 1 aromatic carbocycles. The van der Waals surface area contributed by atoms with E-state index in [9.17, 15) is 10.2 Å². The lowest BCUT2D eigenvalue weighted by Crippen LogP contribution is -2.26. The van der Waals surface area contributed by atoms with Gasteiger partial charge in [-0.25, -0.2) is 0 Å². The van der Waals surface area contributed by atoms with E-state index in [-0.39, 0.29) is 6.54 Å². The highest BCUT2D eigenvalue weighted by atomic mass is 16.3. The van der Waals surface area contributed by atoms with Crippen LogP contribution in [0.5, 0.6) is 0 Å². The summed E-state index contributed by atoms with van der Waals surface area (Å²) < 4.78 is 0. The van der Waals surface area contributed by atoms with E-state index in [1.165, 1.54) is 0 Å². The van der Waals surface area contributed by atoms with E-state index in [1.54, 1.807) is 0 Å². The van der Waals surface area contributed by atoms with Gasteiger partial charge in [0.1, 0.15) is 0 Å². The maximum absolute atomic E-state index is 10.8. The summed E-state index contributed by atoms with van der Waals surface area (Å²) in [7, 11) is 0. The molecule has 0 heterocycles. The lowest BCUT2D eigenvalue weighted by atomic mass is 9.84. The SMILES string of the molecule is CCCC(O)(CCC)c1cccc(CC(O)CN)c1. The minimum atomic E-state index is -0.743. The Hall–Kier alpha value is -0.900. The Bertz CT molecular complexity index is 373. The van der Waals surface area contributed by atoms with Gasteiger partial charge < -0.3 is 15.9 Å². The smallest absolute Gasteiger partial charge is 0.0896 e. The van der Waals surface area contributed by atoms with Gasteiger partial charge in [-0.05, 0) is 30.4 Å². The number of rotatable bonds is 8. The average molecular weight is 265 g/mol. The molecule has 0 spiro atoms. The van der Waals surface area contributed by atoms with Gasteiger partial charge in [-0.3, -0.25) is 0 Å². The molecule has 0 radical (unpaired) electrons. The maximum Gasteiger partial charge on any atom is 0.0896 e. The topological polar surface area (TPSA) is 66.5 Å². The molecule has 0 saturated carbocycles. The molecule has 0 aromatic heterocycles. The van der Waals surface area contributed by atoms with Crippen molar-refractivity contribution in [3.05, 3.63) is 35.4 Å². The Morgan fingerprint density at radius 3 is 2.37 bits per heavy atom. The van der Waals surface area contributed by atoms with Crippen LogP contribution in [0, 0.1) is 0 Å². The molecule has 0 fully saturated rings. The van der Waals surface area contributed by atoms with E-state index in [0.717, 1.165) is 36.8 Å². The lowest BCUT2D eigenvalue weighted by molar-refractivity contribution is 0.0168. The van der Waals surface area contributed by atoms with Gasteiger partial charge in [0.05, 0.1) is 11.7 Å². The van der Waals surface area contributed by atoms with Crippen molar-refractivity contribution in [3.8, 4) is 0 Å². The van der Waals surface area contributed by atoms with Crippen LogP contribution in [-0.2, 0) is 12.0 Å². The molecule has 1 aromatic rings. The van der Waals surface area contributed by atoms with Gasteiger partial charge in [-0.2, -0.15) is 0 Å². The summed E-state index contributed by atoms with van der Waals surface area (Å²) in [6.45, 7) is 4.43. The fourth-order valence-electron chi connectivity index (χ4n) is 2.58. The third-order valence-electron chi connectivity index (χ3n) is 3.53. The second-order valence-electron chi connectivity index (χ2n) is 5.33. The van der Waals surface area contributed by atoms with Gasteiger partial charge in [-0.15, -0.1) is 0 Å². The zero-order valence-corrected chi connectivity index (χ0v) is 12.1. The Balaban J connectivity index is 2.94. The maximum atomic E-state index is 10.8. The molecule has 3 heteroatoms. The highest BCUT2D eigenvalue weighted by Crippen LogP contribution is 2.32. The van der Waals surface area contributed by atoms with Crippen LogP contribution in [0.15, 0.2) is 24.3 Å². The molecule has 1 rings (SSSR count). The Morgan fingerprint density at radius 1 is 1.21 bits per heavy atom. The first-order valence-corrected chi connectivity index (χ1v) is 7.25. The van der Waals surface area contributed by atoms with E-state index >= 15 is 0 Å². The Morgan fingerprint density at radius 2 is 1.84 bits per heavy atom. The van der Waals surface area contributed by atoms with E-state index in [1.807, 2.05) is 24.3 Å². The highest BCUT2D eigenvalue weighted by molar-refractivity contribution is 5.28. The van der Waals surface area contributed by atoms with E-state index in [0.29, 0.717) is 6.42 Å². The van der Waals surface area contributed by atoms with Gasteiger partial charge in [0.25, 0.3) is 0 Å². The van der Waals surface area contributed by atoms with Crippen LogP contribution in [0.2, 0.25) is 0 Å². The summed E-state index contributed by atoms with van der Waals surface area (Å²) in [5.41, 5.74) is 6.68. The molecule has 0 aliphatic carbocycles. The second kappa shape index (κ2) is 7.63. The number of hydrogen-bond donors (Lipinski definition) is 3. The number of aliphatic hydroxyl groups is 2. The standard InChI is InChI=1S/C16H27NO2/c1-3-8-16(19,9-4-2)14-7-5-6-13(10-14)11-15(18)12-17/h5-7,10,15,18-19H,3-4,8-9,11-12,17H2,1-2H3. The number of nitrogens with two attached hydrogens (primary N) is 1. The summed E-state index contributed by atoms with van der Waals surface area (Å²) >= 11 is 0. The Labute approximate surface area is 116 Å². The van der Waals surface area contributed by atoms with Crippen LogP contribution < -0.4 is 5.73 Å². The van der Waals surface area contributed by atoms with Gasteiger partial charge in [-0.1, -0.05) is 51.0 Å². The highest BCUT2D eigenvalue weighted by Gasteiger charge is 2.27. The summed E-state index contributed by atoms with van der Waals surface area (Å²) in [4.78, 5) is 0. The van der Waals surface area contributed by atoms with Crippen molar-refractivity contribution in [1.82, 2.24) is 0 Å². The predicted molar refractivity (Wildman–Crippen MR) is 78.9 cm³/mol. The monoisotopic (exact) mass is 265 g/mol. The van der Waals surface area contributed by atoms with Crippen LogP contribution in [0.3, 0.4) is 0 Å². The molecule has 0 aliphatic heterocycles. The largest absolute Gasteiger partial charge is 0.391 e. The molecular weight excluding hydrogens is 238 g/mol. The quantitative estimate of drug-likeness (QED) is 0.676. The molecule has 3 nitrogen and oxygen atoms in total. The van der Waals surface area contributed by atoms with Crippen LogP contribution in [0.4, 0.5) is 0 Å². The minimum Gasteiger partial charge on any atom is -0.391 e. The molecule has 0 amide bonds. The molecule has 4 N–H and O–H groups in total. The molecule has 0 bridgehead atoms. The first kappa shape index (κ1) is 16.2. The number of hydrogen-bond acceptors (Lipinski definition) is 3. The third-order valence-corrected chi connectivity index (χ3v) is 3.53. The third kappa shape index (κ3) is 4.60. The van der Waals surface area contributed by atoms with Gasteiger partial charge >= 0.3 is 0 Å². The fraction of sp³-hybridized carbons (Fsp3) is 0.625. The van der Waals surface area contributed by atoms with Crippen LogP contribution in [-0.4, -0.2) is 22.9 Å². The fourth-order valence-corrected chi connectivity index (χ4v) is 2.58. The molecule has 1 unspecified atom stereocenters. The molecule has 1 atom stereocenters. The van der Waals surface area contributed by atoms with Crippen molar-refractivity contribution in [2.75, 3.05) is 6.54 Å². The average Bonchev–Trinajstić information content (AvgIpc) is 2.39. The van der Waals surface area contributed by atoms with E-state index in [4.69, 9.17) is 5.73 Å². The lowest BCUT2D eigenvalue weighted by Gasteiger charge is -2.28. The summed E-state index contributed by atoms with van der Waals surface area (Å²) in [6.07, 6.45) is 3.46. The Kier molecular flexibility index (Phi) is 6.49. The molecule has 0 saturated heterocycles. The van der Waals surface area contributed by atoms with Gasteiger partial charge in [0, 0.05) is 6.54 Å². The molecule has 108 valence electrons. The molecule has 19 heavy (non-hydrogen) atoms. The molecular formula is C16H27NO2. The summed E-state index contributed by atoms with van der Waals surface area (Å²) in [6, 6.07) is 7.90. The van der Waals surface area contributed by atoms with Gasteiger partial charge in [0.2, 0.25) is 0 Å². The van der Waals surface area contributed by atoms with Crippen LogP contribution >= 0.6 is 0 Å². The summed E-state index contributed by atoms with van der Waals surface area (Å²) in [5.74, 6) is 0. The molecule has 0 aliphatic rings. The zero-order valence-electron chi connectivity index (χ0n) is 12.1. The summed E-state index contributed by atoms with van der Waals surface area (Å²) in [5, 5.41) is 20.4. The van der Waals surface area contributed by atoms with E-state index < -0.39 is 11.7 Å². The van der Waals surface area contributed by atoms with Gasteiger partial charge in [0.15, 0.2) is 0 Å². The van der Waals surface area contributed by atoms with Crippen LogP contribution in [0.1, 0.15) is 50.7 Å². The first-order valence-electron chi connectivity index (χ1n) is 7.25. The first-order chi connectivity index (χ1) is 9.05. The number of benzene rings is 1. The normalized spacial score (nSPS) is 13.5. The zero-order chi connectivity index (χ0) is 14.3. The van der Waals surface area contributed by atoms with Crippen LogP contribution in [0.25, 0.3) is 0 Å². The minimum absolute atomic E-state index is 0.262. The predicted octanol–water partition coefficient (Wildman–Crippen LogP) is 2.34. The second-order valence-corrected chi connectivity index (χ2v) is 5.33. The van der Waals surface area contributed by atoms with Crippen molar-refractivity contribution in [2.45, 2.75) is 57.7 Å². The van der Waals surface area contributed by atoms with E-state index in [2.05, 4.69) is 13.8 Å².